The molecule has 0 amide bonds. The Morgan fingerprint density at radius 3 is 1.90 bits per heavy atom. The number of fused-ring (bicyclic) bond motifs is 9. The number of hydrogen-bond donors (Lipinski definition) is 0. The van der Waals surface area contributed by atoms with Gasteiger partial charge in [-0.3, -0.25) is 0 Å². The number of rotatable bonds is 2. The Labute approximate surface area is 242 Å². The summed E-state index contributed by atoms with van der Waals surface area (Å²) in [4.78, 5) is 0. The highest BCUT2D eigenvalue weighted by Crippen LogP contribution is 2.40. The van der Waals surface area contributed by atoms with Gasteiger partial charge in [0.2, 0.25) is 0 Å². The third-order valence-electron chi connectivity index (χ3n) is 8.29. The summed E-state index contributed by atoms with van der Waals surface area (Å²) in [6.45, 7) is 0. The maximum atomic E-state index is 9.24. The van der Waals surface area contributed by atoms with Crippen LogP contribution < -0.4 is 0 Å². The second-order valence-electron chi connectivity index (χ2n) is 10.6. The van der Waals surface area contributed by atoms with Crippen LogP contribution in [0.5, 0.6) is 0 Å². The van der Waals surface area contributed by atoms with Crippen molar-refractivity contribution in [3.05, 3.63) is 145 Å². The van der Waals surface area contributed by atoms with Gasteiger partial charge in [-0.1, -0.05) is 121 Å². The first kappa shape index (κ1) is 18.8. The van der Waals surface area contributed by atoms with Crippen LogP contribution in [0.3, 0.4) is 0 Å². The van der Waals surface area contributed by atoms with Crippen molar-refractivity contribution in [3.8, 4) is 22.3 Å². The van der Waals surface area contributed by atoms with Crippen LogP contribution >= 0.6 is 0 Å². The van der Waals surface area contributed by atoms with Crippen molar-refractivity contribution in [2.45, 2.75) is 0 Å². The van der Waals surface area contributed by atoms with Gasteiger partial charge in [-0.15, -0.1) is 0 Å². The first-order valence-electron chi connectivity index (χ1n) is 15.8. The topological polar surface area (TPSA) is 13.1 Å². The Morgan fingerprint density at radius 2 is 1.05 bits per heavy atom. The molecule has 0 aliphatic rings. The second-order valence-corrected chi connectivity index (χ2v) is 10.6. The average Bonchev–Trinajstić information content (AvgIpc) is 3.47. The average molecular weight is 525 g/mol. The summed E-state index contributed by atoms with van der Waals surface area (Å²) in [5.74, 6) is 0. The maximum Gasteiger partial charge on any atom is 0.143 e. The first-order chi connectivity index (χ1) is 22.0. The quantitative estimate of drug-likeness (QED) is 0.162. The molecule has 0 spiro atoms. The van der Waals surface area contributed by atoms with Crippen molar-refractivity contribution in [2.75, 3.05) is 0 Å². The molecule has 0 unspecified atom stereocenters. The molecular weight excluding hydrogens is 496 g/mol. The summed E-state index contributed by atoms with van der Waals surface area (Å²) in [6, 6.07) is 40.1. The Hall–Kier alpha value is -5.40. The van der Waals surface area contributed by atoms with E-state index in [1.54, 1.807) is 0 Å². The Balaban J connectivity index is 1.30. The largest absolute Gasteiger partial charge is 0.455 e. The SMILES string of the molecule is [2H]c1c([2H])c(-c2cccc3oc4c5ccccc5ccc4c23)c([2H])c([2H])c1-c1cccc2c1ccc1cc3ccccc3cc12. The van der Waals surface area contributed by atoms with E-state index < -0.39 is 0 Å². The lowest BCUT2D eigenvalue weighted by molar-refractivity contribution is 0.673. The van der Waals surface area contributed by atoms with Crippen LogP contribution in [0.25, 0.3) is 87.3 Å². The van der Waals surface area contributed by atoms with Gasteiger partial charge in [-0.25, -0.2) is 0 Å². The van der Waals surface area contributed by atoms with Crippen molar-refractivity contribution < 1.29 is 9.90 Å². The zero-order valence-electron chi connectivity index (χ0n) is 26.0. The summed E-state index contributed by atoms with van der Waals surface area (Å²) >= 11 is 0. The van der Waals surface area contributed by atoms with E-state index in [4.69, 9.17) is 4.42 Å². The van der Waals surface area contributed by atoms with Gasteiger partial charge in [0.15, 0.2) is 0 Å². The molecule has 0 atom stereocenters. The molecule has 0 radical (unpaired) electrons. The first-order valence-corrected chi connectivity index (χ1v) is 13.8. The van der Waals surface area contributed by atoms with Gasteiger partial charge in [0.25, 0.3) is 0 Å². The smallest absolute Gasteiger partial charge is 0.143 e. The fraction of sp³-hybridized carbons (Fsp3) is 0. The fourth-order valence-corrected chi connectivity index (χ4v) is 6.34. The van der Waals surface area contributed by atoms with E-state index in [1.165, 1.54) is 5.39 Å². The molecule has 0 saturated carbocycles. The van der Waals surface area contributed by atoms with Crippen LogP contribution in [-0.4, -0.2) is 0 Å². The molecule has 9 rings (SSSR count). The predicted octanol–water partition coefficient (Wildman–Crippen LogP) is 11.5. The lowest BCUT2D eigenvalue weighted by Gasteiger charge is -2.12. The Kier molecular flexibility index (Phi) is 3.92. The summed E-state index contributed by atoms with van der Waals surface area (Å²) in [5, 5.41) is 10.1. The molecule has 0 saturated heterocycles. The minimum Gasteiger partial charge on any atom is -0.455 e. The van der Waals surface area contributed by atoms with Gasteiger partial charge in [0, 0.05) is 16.2 Å². The minimum absolute atomic E-state index is 0.0626. The van der Waals surface area contributed by atoms with Gasteiger partial charge in [-0.05, 0) is 84.2 Å². The number of benzene rings is 8. The van der Waals surface area contributed by atoms with E-state index in [-0.39, 0.29) is 29.7 Å². The molecule has 8 aromatic carbocycles. The predicted molar refractivity (Wildman–Crippen MR) is 175 cm³/mol. The highest BCUT2D eigenvalue weighted by Gasteiger charge is 2.15. The molecule has 9 aromatic rings. The summed E-state index contributed by atoms with van der Waals surface area (Å²) < 4.78 is 43.3. The molecule has 1 heteroatoms. The number of furan rings is 1. The maximum absolute atomic E-state index is 9.24. The van der Waals surface area contributed by atoms with Crippen molar-refractivity contribution in [2.24, 2.45) is 0 Å². The fourth-order valence-electron chi connectivity index (χ4n) is 6.34. The number of hydrogen-bond acceptors (Lipinski definition) is 1. The van der Waals surface area contributed by atoms with Crippen LogP contribution in [0.15, 0.2) is 150 Å². The van der Waals surface area contributed by atoms with Gasteiger partial charge < -0.3 is 4.42 Å². The van der Waals surface area contributed by atoms with E-state index in [0.717, 1.165) is 54.1 Å². The van der Waals surface area contributed by atoms with Crippen molar-refractivity contribution in [3.63, 3.8) is 0 Å². The van der Waals surface area contributed by atoms with Crippen LogP contribution in [0, 0.1) is 0 Å². The van der Waals surface area contributed by atoms with Gasteiger partial charge >= 0.3 is 0 Å². The molecule has 0 aliphatic carbocycles. The van der Waals surface area contributed by atoms with E-state index >= 15 is 0 Å². The zero-order chi connectivity index (χ0) is 30.4. The Morgan fingerprint density at radius 1 is 0.415 bits per heavy atom. The highest BCUT2D eigenvalue weighted by atomic mass is 16.3. The minimum atomic E-state index is -0.0718. The Bertz CT molecular complexity index is 2680. The molecule has 1 aromatic heterocycles. The molecule has 0 fully saturated rings. The van der Waals surface area contributed by atoms with E-state index in [2.05, 4.69) is 42.5 Å². The highest BCUT2D eigenvalue weighted by molar-refractivity contribution is 6.19. The van der Waals surface area contributed by atoms with Crippen molar-refractivity contribution >= 4 is 65.0 Å². The lowest BCUT2D eigenvalue weighted by atomic mass is 9.92. The molecule has 0 bridgehead atoms. The van der Waals surface area contributed by atoms with Crippen molar-refractivity contribution in [1.82, 2.24) is 0 Å². The summed E-state index contributed by atoms with van der Waals surface area (Å²) in [6.07, 6.45) is 0. The van der Waals surface area contributed by atoms with E-state index in [9.17, 15) is 5.48 Å². The standard InChI is InChI=1S/C40H24O/c1-2-9-29-24-37-30(23-28(29)8-1)20-21-35-31(11-5-13-34(35)37)26-15-17-27(18-16-26)32-12-6-14-38-39(32)36-22-19-25-7-3-4-10-33(25)40(36)41-38/h1-24H/i15D,16D,17D,18D. The van der Waals surface area contributed by atoms with Gasteiger partial charge in [0.05, 0.1) is 5.48 Å². The van der Waals surface area contributed by atoms with Crippen molar-refractivity contribution in [1.29, 1.82) is 0 Å². The molecule has 0 aliphatic heterocycles. The van der Waals surface area contributed by atoms with Gasteiger partial charge in [0.1, 0.15) is 11.2 Å². The van der Waals surface area contributed by atoms with E-state index in [1.807, 2.05) is 78.9 Å². The lowest BCUT2D eigenvalue weighted by Crippen LogP contribution is -1.85. The molecule has 0 N–H and O–H groups in total. The third kappa shape index (κ3) is 3.36. The molecule has 190 valence electrons. The monoisotopic (exact) mass is 524 g/mol. The summed E-state index contributed by atoms with van der Waals surface area (Å²) in [7, 11) is 0. The normalized spacial score (nSPS) is 13.3. The molecule has 1 heterocycles. The van der Waals surface area contributed by atoms with Crippen LogP contribution in [-0.2, 0) is 0 Å². The van der Waals surface area contributed by atoms with E-state index in [0.29, 0.717) is 22.3 Å². The van der Waals surface area contributed by atoms with Crippen LogP contribution in [0.2, 0.25) is 0 Å². The zero-order valence-corrected chi connectivity index (χ0v) is 22.0. The van der Waals surface area contributed by atoms with Gasteiger partial charge in [-0.2, -0.15) is 0 Å². The summed E-state index contributed by atoms with van der Waals surface area (Å²) in [5.41, 5.74) is 3.28. The molecular formula is C40H24O. The molecule has 1 nitrogen and oxygen atoms in total. The second kappa shape index (κ2) is 8.55. The van der Waals surface area contributed by atoms with Crippen LogP contribution in [0.1, 0.15) is 5.48 Å². The third-order valence-corrected chi connectivity index (χ3v) is 8.29. The molecule has 41 heavy (non-hydrogen) atoms. The van der Waals surface area contributed by atoms with Crippen LogP contribution in [0.4, 0.5) is 0 Å².